The molecule has 0 fully saturated rings. The van der Waals surface area contributed by atoms with Crippen LogP contribution in [0.1, 0.15) is 0 Å². The summed E-state index contributed by atoms with van der Waals surface area (Å²) in [6, 6.07) is 0. The summed E-state index contributed by atoms with van der Waals surface area (Å²) < 4.78 is 0. The average Bonchev–Trinajstić information content (AvgIpc) is 1.00. The molecule has 0 saturated heterocycles. The average molecular weight is 191 g/mol. The van der Waals surface area contributed by atoms with Crippen LogP contribution in [0.5, 0.6) is 0 Å². The van der Waals surface area contributed by atoms with Gasteiger partial charge in [-0.2, -0.15) is 0 Å². The van der Waals surface area contributed by atoms with Gasteiger partial charge in [-0.1, -0.05) is 0 Å². The van der Waals surface area contributed by atoms with Crippen molar-refractivity contribution in [2.24, 2.45) is 0 Å². The molecule has 0 aliphatic carbocycles. The van der Waals surface area contributed by atoms with E-state index in [2.05, 4.69) is 5.90 Å². The van der Waals surface area contributed by atoms with E-state index in [0.717, 1.165) is 0 Å². The van der Waals surface area contributed by atoms with Crippen LogP contribution in [0.15, 0.2) is 0 Å². The van der Waals surface area contributed by atoms with E-state index in [1.54, 1.807) is 0 Å². The minimum Gasteiger partial charge on any atom is -1.00 e. The molecule has 4 N–H and O–H groups in total. The maximum Gasteiger partial charge on any atom is 0 e. The molecule has 0 atom stereocenters. The first kappa shape index (κ1) is 53.1. The van der Waals surface area contributed by atoms with Crippen LogP contribution in [0.4, 0.5) is 0 Å². The largest absolute Gasteiger partial charge is 1.00 e. The van der Waals surface area contributed by atoms with Crippen molar-refractivity contribution in [1.82, 2.24) is 0 Å². The Labute approximate surface area is 66.9 Å². The van der Waals surface area contributed by atoms with E-state index in [-0.39, 0.29) is 55.8 Å². The van der Waals surface area contributed by atoms with E-state index in [4.69, 9.17) is 5.21 Å². The van der Waals surface area contributed by atoms with Crippen molar-refractivity contribution in [3.63, 3.8) is 0 Å². The summed E-state index contributed by atoms with van der Waals surface area (Å²) in [5.74, 6) is 2.25. The van der Waals surface area contributed by atoms with Crippen molar-refractivity contribution in [2.45, 2.75) is 0 Å². The van der Waals surface area contributed by atoms with Crippen LogP contribution in [0.2, 0.25) is 0 Å². The second kappa shape index (κ2) is 97.5. The first-order valence-electron chi connectivity index (χ1n) is 0.316. The molecule has 0 aliphatic rings. The first-order chi connectivity index (χ1) is 1.00. The zero-order chi connectivity index (χ0) is 2.00. The van der Waals surface area contributed by atoms with Gasteiger partial charge >= 0.3 is 0 Å². The van der Waals surface area contributed by atoms with Crippen molar-refractivity contribution in [1.29, 1.82) is 0 Å². The fourth-order valence-corrected chi connectivity index (χ4v) is 0. The van der Waals surface area contributed by atoms with Crippen LogP contribution < -0.4 is 43.1 Å². The second-order valence-corrected chi connectivity index (χ2v) is 0. The zero-order valence-corrected chi connectivity index (χ0v) is 6.40. The van der Waals surface area contributed by atoms with Crippen molar-refractivity contribution in [2.75, 3.05) is 0 Å². The summed E-state index contributed by atoms with van der Waals surface area (Å²) in [7, 11) is 0. The van der Waals surface area contributed by atoms with E-state index in [9.17, 15) is 0 Å². The number of hydrogen-bond donors (Lipinski definition) is 2. The molecule has 0 rings (SSSR count). The van der Waals surface area contributed by atoms with Gasteiger partial charge in [0.05, 0.1) is 0 Å². The Morgan fingerprint density at radius 1 is 0.833 bits per heavy atom. The molecule has 6 heteroatoms. The number of halogens is 3. The quantitative estimate of drug-likeness (QED) is 0.367. The van der Waals surface area contributed by atoms with Gasteiger partial charge in [-0.3, -0.25) is 0 Å². The van der Waals surface area contributed by atoms with Gasteiger partial charge in [-0.15, -0.1) is 0 Å². The fraction of sp³-hybridized carbons (Fsp3) is 0. The monoisotopic (exact) mass is 190 g/mol. The first-order valence-corrected chi connectivity index (χ1v) is 0.316. The molecule has 6 heavy (non-hydrogen) atoms. The zero-order valence-electron chi connectivity index (χ0n) is 2.74. The molecule has 43 valence electrons. The standard InChI is InChI=1S/3ClH.H4NO.V/c;;;1-2;/h3*1H;2H,1H3;/q;;;+1;/p-3. The fourth-order valence-electron chi connectivity index (χ4n) is 0. The predicted molar refractivity (Wildman–Crippen MR) is 4.67 cm³/mol. The minimum absolute atomic E-state index is 0. The van der Waals surface area contributed by atoms with Crippen molar-refractivity contribution >= 4 is 0 Å². The Kier molecular flexibility index (Phi) is 863. The van der Waals surface area contributed by atoms with Gasteiger partial charge in [-0.25, -0.2) is 11.1 Å². The molecule has 0 aromatic carbocycles. The van der Waals surface area contributed by atoms with E-state index < -0.39 is 0 Å². The normalized spacial score (nSPS) is 1.00. The third-order valence-electron chi connectivity index (χ3n) is 0. The van der Waals surface area contributed by atoms with Gasteiger partial charge in [0.1, 0.15) is 0 Å². The summed E-state index contributed by atoms with van der Waals surface area (Å²) in [4.78, 5) is 0. The Hall–Kier alpha value is 1.37. The summed E-state index contributed by atoms with van der Waals surface area (Å²) in [6.07, 6.45) is 0. The Morgan fingerprint density at radius 3 is 0.833 bits per heavy atom. The molecule has 1 radical (unpaired) electrons. The summed E-state index contributed by atoms with van der Waals surface area (Å²) in [5.41, 5.74) is 0. The third-order valence-corrected chi connectivity index (χ3v) is 0. The molecule has 2 nitrogen and oxygen atoms in total. The molecule has 0 amide bonds. The molecule has 0 spiro atoms. The molecule has 0 aromatic rings. The van der Waals surface area contributed by atoms with Gasteiger partial charge < -0.3 is 37.2 Å². The van der Waals surface area contributed by atoms with Gasteiger partial charge in [0.15, 0.2) is 0 Å². The van der Waals surface area contributed by atoms with Crippen LogP contribution in [0.3, 0.4) is 0 Å². The van der Waals surface area contributed by atoms with E-state index in [1.807, 2.05) is 0 Å². The van der Waals surface area contributed by atoms with Crippen molar-refractivity contribution in [3.8, 4) is 0 Å². The van der Waals surface area contributed by atoms with Crippen LogP contribution in [-0.4, -0.2) is 5.21 Å². The van der Waals surface area contributed by atoms with Crippen LogP contribution in [0, 0.1) is 0 Å². The summed E-state index contributed by atoms with van der Waals surface area (Å²) >= 11 is 0. The molecular formula is H4Cl3NOV-2. The number of rotatable bonds is 0. The SMILES string of the molecule is [Cl-].[Cl-].[Cl-].[NH3+]O.[V]. The smallest absolute Gasteiger partial charge is 0 e. The van der Waals surface area contributed by atoms with Gasteiger partial charge in [0.2, 0.25) is 0 Å². The van der Waals surface area contributed by atoms with Crippen LogP contribution in [0.25, 0.3) is 0 Å². The topological polar surface area (TPSA) is 47.9 Å². The number of hydrogen-bond acceptors (Lipinski definition) is 1. The number of quaternary nitrogens is 1. The minimum atomic E-state index is 0. The van der Waals surface area contributed by atoms with Crippen molar-refractivity contribution < 1.29 is 66.9 Å². The van der Waals surface area contributed by atoms with E-state index >= 15 is 0 Å². The van der Waals surface area contributed by atoms with E-state index in [0.29, 0.717) is 0 Å². The van der Waals surface area contributed by atoms with Gasteiger partial charge in [-0.05, 0) is 0 Å². The Balaban J connectivity index is -0.000000000833. The Morgan fingerprint density at radius 2 is 0.833 bits per heavy atom. The van der Waals surface area contributed by atoms with Crippen LogP contribution >= 0.6 is 0 Å². The van der Waals surface area contributed by atoms with Crippen LogP contribution in [-0.2, 0) is 18.6 Å². The third kappa shape index (κ3) is 54.4. The van der Waals surface area contributed by atoms with Gasteiger partial charge in [0.25, 0.3) is 0 Å². The molecule has 0 saturated carbocycles. The van der Waals surface area contributed by atoms with Gasteiger partial charge in [0, 0.05) is 18.6 Å². The van der Waals surface area contributed by atoms with E-state index in [1.165, 1.54) is 0 Å². The maximum absolute atomic E-state index is 6.75. The molecule has 0 heterocycles. The molecule has 0 aliphatic heterocycles. The summed E-state index contributed by atoms with van der Waals surface area (Å²) in [5, 5.41) is 6.75. The predicted octanol–water partition coefficient (Wildman–Crippen LogP) is -10.4. The maximum atomic E-state index is 6.75. The Bertz CT molecular complexity index is 10.8. The molecule has 0 unspecified atom stereocenters. The van der Waals surface area contributed by atoms with Crippen molar-refractivity contribution in [3.05, 3.63) is 0 Å². The summed E-state index contributed by atoms with van der Waals surface area (Å²) in [6.45, 7) is 0. The second-order valence-electron chi connectivity index (χ2n) is 0. The molecular weight excluding hydrogens is 187 g/mol. The molecule has 0 bridgehead atoms. The molecule has 0 aromatic heterocycles.